The Morgan fingerprint density at radius 1 is 1.29 bits per heavy atom. The Morgan fingerprint density at radius 2 is 2.00 bits per heavy atom. The predicted molar refractivity (Wildman–Crippen MR) is 65.8 cm³/mol. The molecular weight excluding hydrogens is 218 g/mol. The van der Waals surface area contributed by atoms with Crippen LogP contribution in [0, 0.1) is 0 Å². The molecule has 0 bridgehead atoms. The van der Waals surface area contributed by atoms with Crippen LogP contribution in [-0.4, -0.2) is 36.0 Å². The first kappa shape index (κ1) is 13.7. The Balaban J connectivity index is 2.54. The molecule has 0 aromatic carbocycles. The lowest BCUT2D eigenvalue weighted by molar-refractivity contribution is -0.104. The maximum Gasteiger partial charge on any atom is 0.410 e. The lowest BCUT2D eigenvalue weighted by Gasteiger charge is -2.26. The van der Waals surface area contributed by atoms with Gasteiger partial charge in [-0.2, -0.15) is 0 Å². The monoisotopic (exact) mass is 239 g/mol. The van der Waals surface area contributed by atoms with Gasteiger partial charge in [-0.3, -0.25) is 4.79 Å². The number of carbonyl (C=O) groups is 2. The summed E-state index contributed by atoms with van der Waals surface area (Å²) in [7, 11) is 0. The number of nitrogens with zero attached hydrogens (tertiary/aromatic N) is 1. The minimum Gasteiger partial charge on any atom is -0.444 e. The molecule has 4 nitrogen and oxygen atoms in total. The number of ether oxygens (including phenoxy) is 1. The van der Waals surface area contributed by atoms with Crippen LogP contribution >= 0.6 is 0 Å². The van der Waals surface area contributed by atoms with Crippen molar-refractivity contribution in [2.24, 2.45) is 0 Å². The third-order valence-electron chi connectivity index (χ3n) is 2.58. The SMILES string of the molecule is CC(C)(C)OC(=O)N1CCCC(=CC=O)CC1. The summed E-state index contributed by atoms with van der Waals surface area (Å²) in [6, 6.07) is 0. The van der Waals surface area contributed by atoms with Crippen molar-refractivity contribution in [2.45, 2.75) is 45.6 Å². The highest BCUT2D eigenvalue weighted by Crippen LogP contribution is 2.18. The van der Waals surface area contributed by atoms with Crippen LogP contribution in [-0.2, 0) is 9.53 Å². The third kappa shape index (κ3) is 5.02. The second kappa shape index (κ2) is 5.84. The molecule has 0 aromatic rings. The van der Waals surface area contributed by atoms with Crippen LogP contribution in [0.4, 0.5) is 4.79 Å². The molecule has 0 saturated carbocycles. The van der Waals surface area contributed by atoms with Crippen molar-refractivity contribution < 1.29 is 14.3 Å². The summed E-state index contributed by atoms with van der Waals surface area (Å²) in [4.78, 5) is 24.0. The molecule has 1 saturated heterocycles. The van der Waals surface area contributed by atoms with Gasteiger partial charge in [-0.25, -0.2) is 4.79 Å². The first-order valence-electron chi connectivity index (χ1n) is 6.03. The lowest BCUT2D eigenvalue weighted by Crippen LogP contribution is -2.37. The maximum atomic E-state index is 11.8. The van der Waals surface area contributed by atoms with Crippen molar-refractivity contribution in [3.05, 3.63) is 11.6 Å². The highest BCUT2D eigenvalue weighted by molar-refractivity contribution is 5.68. The molecule has 0 unspecified atom stereocenters. The van der Waals surface area contributed by atoms with E-state index < -0.39 is 5.60 Å². The van der Waals surface area contributed by atoms with Gasteiger partial charge in [0.05, 0.1) is 0 Å². The summed E-state index contributed by atoms with van der Waals surface area (Å²) < 4.78 is 5.33. The molecule has 4 heteroatoms. The first-order chi connectivity index (χ1) is 7.92. The molecule has 0 N–H and O–H groups in total. The third-order valence-corrected chi connectivity index (χ3v) is 2.58. The molecule has 0 aromatic heterocycles. The van der Waals surface area contributed by atoms with Crippen LogP contribution in [0.5, 0.6) is 0 Å². The van der Waals surface area contributed by atoms with E-state index in [-0.39, 0.29) is 6.09 Å². The summed E-state index contributed by atoms with van der Waals surface area (Å²) in [5.74, 6) is 0. The molecule has 0 aliphatic carbocycles. The second-order valence-corrected chi connectivity index (χ2v) is 5.28. The maximum absolute atomic E-state index is 11.8. The highest BCUT2D eigenvalue weighted by atomic mass is 16.6. The van der Waals surface area contributed by atoms with E-state index in [2.05, 4.69) is 0 Å². The van der Waals surface area contributed by atoms with Crippen molar-refractivity contribution in [3.63, 3.8) is 0 Å². The molecule has 1 aliphatic rings. The lowest BCUT2D eigenvalue weighted by atomic mass is 10.1. The Kier molecular flexibility index (Phi) is 4.73. The summed E-state index contributed by atoms with van der Waals surface area (Å²) in [5, 5.41) is 0. The van der Waals surface area contributed by atoms with Crippen LogP contribution < -0.4 is 0 Å². The minimum atomic E-state index is -0.454. The second-order valence-electron chi connectivity index (χ2n) is 5.28. The quantitative estimate of drug-likeness (QED) is 0.522. The van der Waals surface area contributed by atoms with Gasteiger partial charge in [0.1, 0.15) is 11.9 Å². The van der Waals surface area contributed by atoms with Gasteiger partial charge < -0.3 is 9.64 Å². The molecule has 0 spiro atoms. The molecule has 1 rings (SSSR count). The van der Waals surface area contributed by atoms with Crippen LogP contribution in [0.25, 0.3) is 0 Å². The smallest absolute Gasteiger partial charge is 0.410 e. The summed E-state index contributed by atoms with van der Waals surface area (Å²) in [6.45, 7) is 6.92. The fourth-order valence-electron chi connectivity index (χ4n) is 1.78. The van der Waals surface area contributed by atoms with Crippen molar-refractivity contribution in [1.82, 2.24) is 4.90 Å². The Hall–Kier alpha value is -1.32. The molecule has 1 amide bonds. The zero-order valence-electron chi connectivity index (χ0n) is 10.9. The van der Waals surface area contributed by atoms with Gasteiger partial charge in [-0.1, -0.05) is 5.57 Å². The van der Waals surface area contributed by atoms with E-state index >= 15 is 0 Å². The van der Waals surface area contributed by atoms with Gasteiger partial charge in [0, 0.05) is 13.1 Å². The van der Waals surface area contributed by atoms with E-state index in [0.717, 1.165) is 31.1 Å². The molecule has 0 atom stereocenters. The van der Waals surface area contributed by atoms with E-state index in [9.17, 15) is 9.59 Å². The molecular formula is C13H21NO3. The van der Waals surface area contributed by atoms with E-state index in [0.29, 0.717) is 13.1 Å². The highest BCUT2D eigenvalue weighted by Gasteiger charge is 2.23. The summed E-state index contributed by atoms with van der Waals surface area (Å²) >= 11 is 0. The van der Waals surface area contributed by atoms with Gasteiger partial charge in [-0.15, -0.1) is 0 Å². The number of carbonyl (C=O) groups excluding carboxylic acids is 2. The van der Waals surface area contributed by atoms with Gasteiger partial charge in [0.2, 0.25) is 0 Å². The van der Waals surface area contributed by atoms with E-state index in [1.54, 1.807) is 11.0 Å². The Bertz CT molecular complexity index is 315. The number of likely N-dealkylation sites (tertiary alicyclic amines) is 1. The van der Waals surface area contributed by atoms with Crippen molar-refractivity contribution in [1.29, 1.82) is 0 Å². The van der Waals surface area contributed by atoms with Crippen LogP contribution in [0.1, 0.15) is 40.0 Å². The van der Waals surface area contributed by atoms with Crippen molar-refractivity contribution in [2.75, 3.05) is 13.1 Å². The number of hydrogen-bond donors (Lipinski definition) is 0. The van der Waals surface area contributed by atoms with Gasteiger partial charge in [0.25, 0.3) is 0 Å². The molecule has 1 aliphatic heterocycles. The Morgan fingerprint density at radius 3 is 2.59 bits per heavy atom. The topological polar surface area (TPSA) is 46.6 Å². The summed E-state index contributed by atoms with van der Waals surface area (Å²) in [6.07, 6.45) is 4.70. The van der Waals surface area contributed by atoms with Gasteiger partial charge in [-0.05, 0) is 46.1 Å². The van der Waals surface area contributed by atoms with E-state index in [1.165, 1.54) is 0 Å². The largest absolute Gasteiger partial charge is 0.444 e. The Labute approximate surface area is 103 Å². The number of hydrogen-bond acceptors (Lipinski definition) is 3. The van der Waals surface area contributed by atoms with E-state index in [1.807, 2.05) is 20.8 Å². The predicted octanol–water partition coefficient (Wildman–Crippen LogP) is 2.53. The molecule has 96 valence electrons. The van der Waals surface area contributed by atoms with Crippen LogP contribution in [0.2, 0.25) is 0 Å². The van der Waals surface area contributed by atoms with Crippen molar-refractivity contribution >= 4 is 12.4 Å². The fraction of sp³-hybridized carbons (Fsp3) is 0.692. The number of rotatable bonds is 1. The molecule has 17 heavy (non-hydrogen) atoms. The molecule has 0 radical (unpaired) electrons. The van der Waals surface area contributed by atoms with Gasteiger partial charge >= 0.3 is 6.09 Å². The van der Waals surface area contributed by atoms with Crippen LogP contribution in [0.3, 0.4) is 0 Å². The molecule has 1 fully saturated rings. The minimum absolute atomic E-state index is 0.259. The average molecular weight is 239 g/mol. The van der Waals surface area contributed by atoms with E-state index in [4.69, 9.17) is 4.74 Å². The zero-order chi connectivity index (χ0) is 12.9. The number of amides is 1. The van der Waals surface area contributed by atoms with Crippen molar-refractivity contribution in [3.8, 4) is 0 Å². The van der Waals surface area contributed by atoms with Crippen LogP contribution in [0.15, 0.2) is 11.6 Å². The number of aldehydes is 1. The average Bonchev–Trinajstić information content (AvgIpc) is 2.41. The zero-order valence-corrected chi connectivity index (χ0v) is 10.9. The van der Waals surface area contributed by atoms with Gasteiger partial charge in [0.15, 0.2) is 0 Å². The number of allylic oxidation sites excluding steroid dienone is 1. The fourth-order valence-corrected chi connectivity index (χ4v) is 1.78. The standard InChI is InChI=1S/C13H21NO3/c1-13(2,3)17-12(16)14-8-4-5-11(6-9-14)7-10-15/h7,10H,4-6,8-9H2,1-3H3. The molecule has 1 heterocycles. The first-order valence-corrected chi connectivity index (χ1v) is 6.03. The normalized spacial score (nSPS) is 19.9. The summed E-state index contributed by atoms with van der Waals surface area (Å²) in [5.41, 5.74) is 0.663.